The van der Waals surface area contributed by atoms with E-state index in [1.807, 2.05) is 24.3 Å². The molecular weight excluding hydrogens is 370 g/mol. The molecule has 2 aromatic carbocycles. The third-order valence-corrected chi connectivity index (χ3v) is 6.35. The second-order valence-electron chi connectivity index (χ2n) is 8.35. The van der Waals surface area contributed by atoms with Crippen LogP contribution in [0.5, 0.6) is 5.75 Å². The van der Waals surface area contributed by atoms with Crippen molar-refractivity contribution in [2.24, 2.45) is 11.8 Å². The van der Waals surface area contributed by atoms with Gasteiger partial charge in [-0.05, 0) is 68.5 Å². The number of halogens is 1. The summed E-state index contributed by atoms with van der Waals surface area (Å²) in [5, 5.41) is 11.8. The van der Waals surface area contributed by atoms with E-state index in [0.717, 1.165) is 37.1 Å². The molecule has 1 fully saturated rings. The molecule has 28 heavy (non-hydrogen) atoms. The first-order valence-electron chi connectivity index (χ1n) is 10.0. The van der Waals surface area contributed by atoms with Gasteiger partial charge in [-0.3, -0.25) is 0 Å². The van der Waals surface area contributed by atoms with E-state index in [0.29, 0.717) is 11.8 Å². The van der Waals surface area contributed by atoms with Crippen molar-refractivity contribution in [3.63, 3.8) is 0 Å². The van der Waals surface area contributed by atoms with Crippen molar-refractivity contribution >= 4 is 12.4 Å². The first-order chi connectivity index (χ1) is 12.9. The monoisotopic (exact) mass is 403 g/mol. The minimum absolute atomic E-state index is 0. The third-order valence-electron chi connectivity index (χ3n) is 6.35. The maximum absolute atomic E-state index is 11.8. The topological polar surface area (TPSA) is 32.7 Å². The van der Waals surface area contributed by atoms with Crippen molar-refractivity contribution in [1.82, 2.24) is 4.90 Å². The van der Waals surface area contributed by atoms with Gasteiger partial charge in [0.15, 0.2) is 0 Å². The average Bonchev–Trinajstić information content (AvgIpc) is 2.69. The summed E-state index contributed by atoms with van der Waals surface area (Å²) in [5.41, 5.74) is 1.59. The zero-order valence-electron chi connectivity index (χ0n) is 17.5. The Balaban J connectivity index is 0.00000280. The van der Waals surface area contributed by atoms with E-state index < -0.39 is 5.60 Å². The van der Waals surface area contributed by atoms with Crippen molar-refractivity contribution < 1.29 is 9.84 Å². The van der Waals surface area contributed by atoms with Gasteiger partial charge in [0.25, 0.3) is 0 Å². The van der Waals surface area contributed by atoms with Crippen LogP contribution >= 0.6 is 12.4 Å². The molecule has 1 saturated carbocycles. The summed E-state index contributed by atoms with van der Waals surface area (Å²) in [5.74, 6) is 2.10. The molecule has 0 spiro atoms. The highest BCUT2D eigenvalue weighted by Gasteiger charge is 2.44. The lowest BCUT2D eigenvalue weighted by molar-refractivity contribution is -0.0777. The molecule has 3 rings (SSSR count). The molecule has 4 heteroatoms. The SMILES string of the molecule is COc1cccc(C2(O)CCC(C(C)c3ccccc3)CC2CN(C)C)c1.Cl. The minimum Gasteiger partial charge on any atom is -0.497 e. The smallest absolute Gasteiger partial charge is 0.119 e. The first kappa shape index (κ1) is 22.7. The van der Waals surface area contributed by atoms with Gasteiger partial charge in [-0.25, -0.2) is 0 Å². The van der Waals surface area contributed by atoms with Crippen molar-refractivity contribution in [3.8, 4) is 5.75 Å². The van der Waals surface area contributed by atoms with Gasteiger partial charge in [-0.1, -0.05) is 49.4 Å². The minimum atomic E-state index is -0.800. The fraction of sp³-hybridized carbons (Fsp3) is 0.500. The number of aliphatic hydroxyl groups is 1. The molecule has 1 N–H and O–H groups in total. The fourth-order valence-electron chi connectivity index (χ4n) is 4.71. The van der Waals surface area contributed by atoms with Crippen LogP contribution in [0.4, 0.5) is 0 Å². The summed E-state index contributed by atoms with van der Waals surface area (Å²) in [6.07, 6.45) is 2.86. The van der Waals surface area contributed by atoms with Crippen LogP contribution in [0.15, 0.2) is 54.6 Å². The number of methoxy groups -OCH3 is 1. The van der Waals surface area contributed by atoms with Gasteiger partial charge in [0.1, 0.15) is 5.75 Å². The van der Waals surface area contributed by atoms with E-state index in [-0.39, 0.29) is 18.3 Å². The van der Waals surface area contributed by atoms with Gasteiger partial charge in [-0.2, -0.15) is 0 Å². The molecule has 4 atom stereocenters. The number of benzene rings is 2. The highest BCUT2D eigenvalue weighted by Crippen LogP contribution is 2.48. The Kier molecular flexibility index (Phi) is 7.94. The summed E-state index contributed by atoms with van der Waals surface area (Å²) >= 11 is 0. The van der Waals surface area contributed by atoms with Crippen LogP contribution in [-0.2, 0) is 5.60 Å². The molecule has 1 aliphatic rings. The second-order valence-corrected chi connectivity index (χ2v) is 8.35. The second kappa shape index (κ2) is 9.78. The Morgan fingerprint density at radius 1 is 1.14 bits per heavy atom. The maximum Gasteiger partial charge on any atom is 0.119 e. The third kappa shape index (κ3) is 4.89. The molecule has 0 amide bonds. The van der Waals surface area contributed by atoms with Gasteiger partial charge in [0.2, 0.25) is 0 Å². The summed E-state index contributed by atoms with van der Waals surface area (Å²) in [4.78, 5) is 2.20. The number of hydrogen-bond donors (Lipinski definition) is 1. The van der Waals surface area contributed by atoms with Gasteiger partial charge >= 0.3 is 0 Å². The Hall–Kier alpha value is -1.55. The van der Waals surface area contributed by atoms with Gasteiger partial charge < -0.3 is 14.7 Å². The lowest BCUT2D eigenvalue weighted by Gasteiger charge is -2.46. The van der Waals surface area contributed by atoms with Crippen LogP contribution in [0.25, 0.3) is 0 Å². The standard InChI is InChI=1S/C24H33NO2.ClH/c1-18(19-9-6-5-7-10-19)20-13-14-24(26,22(15-20)17-25(2)3)21-11-8-12-23(16-21)27-4;/h5-12,16,18,20,22,26H,13-15,17H2,1-4H3;1H. The number of ether oxygens (including phenoxy) is 1. The average molecular weight is 404 g/mol. The summed E-state index contributed by atoms with van der Waals surface area (Å²) in [6.45, 7) is 3.22. The Labute approximate surface area is 176 Å². The van der Waals surface area contributed by atoms with E-state index in [4.69, 9.17) is 4.74 Å². The fourth-order valence-corrected chi connectivity index (χ4v) is 4.71. The molecule has 0 radical (unpaired) electrons. The lowest BCUT2D eigenvalue weighted by Crippen LogP contribution is -2.45. The van der Waals surface area contributed by atoms with E-state index in [1.165, 1.54) is 5.56 Å². The molecule has 0 aliphatic heterocycles. The highest BCUT2D eigenvalue weighted by atomic mass is 35.5. The zero-order chi connectivity index (χ0) is 19.4. The van der Waals surface area contributed by atoms with Crippen LogP contribution < -0.4 is 4.74 Å². The van der Waals surface area contributed by atoms with Crippen LogP contribution in [0.3, 0.4) is 0 Å². The number of rotatable bonds is 6. The largest absolute Gasteiger partial charge is 0.497 e. The Morgan fingerprint density at radius 2 is 1.86 bits per heavy atom. The van der Waals surface area contributed by atoms with Crippen molar-refractivity contribution in [2.45, 2.75) is 37.7 Å². The van der Waals surface area contributed by atoms with E-state index >= 15 is 0 Å². The van der Waals surface area contributed by atoms with Gasteiger partial charge in [0.05, 0.1) is 12.7 Å². The molecule has 0 saturated heterocycles. The molecule has 0 aromatic heterocycles. The summed E-state index contributed by atoms with van der Waals surface area (Å²) < 4.78 is 5.40. The normalized spacial score (nSPS) is 25.8. The van der Waals surface area contributed by atoms with E-state index in [1.54, 1.807) is 7.11 Å². The van der Waals surface area contributed by atoms with Crippen LogP contribution in [-0.4, -0.2) is 37.8 Å². The Morgan fingerprint density at radius 3 is 2.50 bits per heavy atom. The first-order valence-corrected chi connectivity index (χ1v) is 10.0. The molecule has 2 aromatic rings. The predicted octanol–water partition coefficient (Wildman–Crippen LogP) is 5.09. The van der Waals surface area contributed by atoms with E-state index in [9.17, 15) is 5.11 Å². The van der Waals surface area contributed by atoms with Gasteiger partial charge in [0, 0.05) is 12.5 Å². The van der Waals surface area contributed by atoms with E-state index in [2.05, 4.69) is 56.3 Å². The Bertz CT molecular complexity index is 736. The van der Waals surface area contributed by atoms with Crippen molar-refractivity contribution in [1.29, 1.82) is 0 Å². The van der Waals surface area contributed by atoms with Crippen molar-refractivity contribution in [3.05, 3.63) is 65.7 Å². The molecule has 4 unspecified atom stereocenters. The molecule has 3 nitrogen and oxygen atoms in total. The zero-order valence-corrected chi connectivity index (χ0v) is 18.3. The predicted molar refractivity (Wildman–Crippen MR) is 118 cm³/mol. The molecule has 1 aliphatic carbocycles. The maximum atomic E-state index is 11.8. The van der Waals surface area contributed by atoms with Gasteiger partial charge in [-0.15, -0.1) is 12.4 Å². The quantitative estimate of drug-likeness (QED) is 0.729. The number of hydrogen-bond acceptors (Lipinski definition) is 3. The van der Waals surface area contributed by atoms with Crippen LogP contribution in [0.1, 0.15) is 43.2 Å². The summed E-state index contributed by atoms with van der Waals surface area (Å²) in [7, 11) is 5.87. The number of nitrogens with zero attached hydrogens (tertiary/aromatic N) is 1. The molecule has 0 bridgehead atoms. The van der Waals surface area contributed by atoms with Crippen molar-refractivity contribution in [2.75, 3.05) is 27.7 Å². The van der Waals surface area contributed by atoms with Crippen LogP contribution in [0, 0.1) is 11.8 Å². The molecular formula is C24H34ClNO2. The lowest BCUT2D eigenvalue weighted by atomic mass is 9.64. The highest BCUT2D eigenvalue weighted by molar-refractivity contribution is 5.85. The molecule has 0 heterocycles. The molecule has 154 valence electrons. The summed E-state index contributed by atoms with van der Waals surface area (Å²) in [6, 6.07) is 18.8. The van der Waals surface area contributed by atoms with Crippen LogP contribution in [0.2, 0.25) is 0 Å².